The van der Waals surface area contributed by atoms with Gasteiger partial charge >= 0.3 is 11.9 Å². The van der Waals surface area contributed by atoms with E-state index in [1.165, 1.54) is 6.08 Å². The van der Waals surface area contributed by atoms with E-state index in [1.54, 1.807) is 58.6 Å². The summed E-state index contributed by atoms with van der Waals surface area (Å²) in [5, 5.41) is 12.3. The van der Waals surface area contributed by atoms with Gasteiger partial charge in [0, 0.05) is 17.2 Å². The molecule has 0 fully saturated rings. The van der Waals surface area contributed by atoms with Crippen LogP contribution in [0.3, 0.4) is 0 Å². The van der Waals surface area contributed by atoms with Crippen molar-refractivity contribution in [1.29, 1.82) is 5.26 Å². The molecule has 0 spiro atoms. The second-order valence-electron chi connectivity index (χ2n) is 10.0. The van der Waals surface area contributed by atoms with Gasteiger partial charge in [-0.05, 0) is 96.5 Å². The molecule has 46 heavy (non-hydrogen) atoms. The molecule has 0 aliphatic carbocycles. The third kappa shape index (κ3) is 6.06. The van der Waals surface area contributed by atoms with Crippen molar-refractivity contribution >= 4 is 45.8 Å². The lowest BCUT2D eigenvalue weighted by molar-refractivity contribution is -0.137. The first-order valence-electron chi connectivity index (χ1n) is 14.4. The molecule has 232 valence electrons. The van der Waals surface area contributed by atoms with Crippen LogP contribution >= 0.6 is 6.89 Å². The summed E-state index contributed by atoms with van der Waals surface area (Å²) in [6.07, 6.45) is 2.88. The Kier molecular flexibility index (Phi) is 9.76. The highest BCUT2D eigenvalue weighted by atomic mass is 31.2. The third-order valence-electron chi connectivity index (χ3n) is 7.55. The molecule has 1 aliphatic rings. The van der Waals surface area contributed by atoms with Gasteiger partial charge < -0.3 is 23.7 Å². The molecule has 0 bridgehead atoms. The van der Waals surface area contributed by atoms with Crippen molar-refractivity contribution < 1.29 is 33.3 Å². The maximum absolute atomic E-state index is 14.4. The number of hydrogen-bond donors (Lipinski definition) is 0. The highest BCUT2D eigenvalue weighted by Crippen LogP contribution is 2.51. The van der Waals surface area contributed by atoms with Gasteiger partial charge in [0.1, 0.15) is 23.0 Å². The van der Waals surface area contributed by atoms with Crippen LogP contribution in [0.1, 0.15) is 18.1 Å². The van der Waals surface area contributed by atoms with Crippen LogP contribution in [0.5, 0.6) is 17.2 Å². The van der Waals surface area contributed by atoms with Crippen LogP contribution in [0.4, 0.5) is 0 Å². The lowest BCUT2D eigenvalue weighted by Crippen LogP contribution is -2.33. The lowest BCUT2D eigenvalue weighted by Gasteiger charge is -2.31. The van der Waals surface area contributed by atoms with Gasteiger partial charge in [-0.1, -0.05) is 36.4 Å². The number of nitrogens with zero attached hydrogens (tertiary/aromatic N) is 1. The molecule has 0 atom stereocenters. The summed E-state index contributed by atoms with van der Waals surface area (Å²) in [4.78, 5) is 27.1. The first-order valence-corrected chi connectivity index (χ1v) is 16.2. The summed E-state index contributed by atoms with van der Waals surface area (Å²) in [6.45, 7) is -1.18. The molecule has 1 heterocycles. The van der Waals surface area contributed by atoms with E-state index in [0.29, 0.717) is 39.2 Å². The molecular weight excluding hydrogens is 601 g/mol. The third-order valence-corrected chi connectivity index (χ3v) is 11.9. The fourth-order valence-electron chi connectivity index (χ4n) is 5.39. The maximum atomic E-state index is 14.4. The van der Waals surface area contributed by atoms with E-state index in [1.807, 2.05) is 72.8 Å². The van der Waals surface area contributed by atoms with Crippen molar-refractivity contribution in [3.63, 3.8) is 0 Å². The summed E-state index contributed by atoms with van der Waals surface area (Å²) in [5.74, 6) is 1.11. The van der Waals surface area contributed by atoms with Crippen molar-refractivity contribution in [1.82, 2.24) is 0 Å². The molecule has 0 radical (unpaired) electrons. The Morgan fingerprint density at radius 3 is 1.61 bits per heavy atom. The number of cyclic esters (lactones) is 1. The first-order chi connectivity index (χ1) is 22.4. The van der Waals surface area contributed by atoms with Crippen LogP contribution in [0.25, 0.3) is 5.76 Å². The number of nitriles is 1. The summed E-state index contributed by atoms with van der Waals surface area (Å²) in [5.41, 5.74) is 1.46. The van der Waals surface area contributed by atoms with E-state index < -0.39 is 18.8 Å². The molecule has 0 saturated heterocycles. The minimum Gasteiger partial charge on any atom is -0.497 e. The molecule has 4 aromatic rings. The first kappa shape index (κ1) is 31.9. The molecule has 0 aromatic heterocycles. The molecule has 4 aromatic carbocycles. The molecule has 0 N–H and O–H groups in total. The fourth-order valence-corrected chi connectivity index (χ4v) is 9.70. The molecule has 8 nitrogen and oxygen atoms in total. The van der Waals surface area contributed by atoms with Crippen LogP contribution in [0, 0.1) is 11.3 Å². The molecule has 5 rings (SSSR count). The smallest absolute Gasteiger partial charge is 0.345 e. The normalized spacial score (nSPS) is 12.9. The van der Waals surface area contributed by atoms with Crippen molar-refractivity contribution in [2.45, 2.75) is 6.92 Å². The monoisotopic (exact) mass is 633 g/mol. The SMILES string of the molecule is CCOC(=O)/C=C/C1=C(c2ccc(C#N)cc2)OC(=O)C1=P(c1ccc(OC)cc1)(c1ccc(OC)cc1)c1ccc(OC)cc1. The zero-order valence-electron chi connectivity index (χ0n) is 25.9. The van der Waals surface area contributed by atoms with E-state index >= 15 is 0 Å². The summed E-state index contributed by atoms with van der Waals surface area (Å²) in [7, 11) is 4.79. The van der Waals surface area contributed by atoms with E-state index in [9.17, 15) is 14.9 Å². The molecular formula is C37H32NO7P. The number of carbonyl (C=O) groups excluding carboxylic acids is 2. The Bertz CT molecular complexity index is 1780. The van der Waals surface area contributed by atoms with Gasteiger partial charge in [0.15, 0.2) is 0 Å². The predicted octanol–water partition coefficient (Wildman–Crippen LogP) is 5.14. The minimum atomic E-state index is -3.09. The van der Waals surface area contributed by atoms with Crippen LogP contribution in [0.2, 0.25) is 0 Å². The molecule has 0 saturated carbocycles. The van der Waals surface area contributed by atoms with E-state index in [4.69, 9.17) is 23.7 Å². The van der Waals surface area contributed by atoms with Gasteiger partial charge in [-0.25, -0.2) is 9.59 Å². The topological polar surface area (TPSA) is 104 Å². The van der Waals surface area contributed by atoms with Crippen LogP contribution in [-0.2, 0) is 19.1 Å². The van der Waals surface area contributed by atoms with E-state index in [2.05, 4.69) is 6.07 Å². The van der Waals surface area contributed by atoms with Crippen LogP contribution < -0.4 is 30.1 Å². The van der Waals surface area contributed by atoms with Gasteiger partial charge in [-0.3, -0.25) is 0 Å². The highest BCUT2D eigenvalue weighted by molar-refractivity contribution is 7.96. The number of methoxy groups -OCH3 is 3. The van der Waals surface area contributed by atoms with Crippen molar-refractivity contribution in [3.05, 3.63) is 126 Å². The zero-order chi connectivity index (χ0) is 32.7. The van der Waals surface area contributed by atoms with Gasteiger partial charge in [0.05, 0.1) is 44.9 Å². The quantitative estimate of drug-likeness (QED) is 0.134. The Labute approximate surface area is 268 Å². The Hall–Kier alpha value is -5.51. The fraction of sp³-hybridized carbons (Fsp3) is 0.135. The average molecular weight is 634 g/mol. The standard InChI is InChI=1S/C37H32NO7P/c1-5-44-34(39)23-22-33-35(26-8-6-25(24-38)7-9-26)45-37(40)36(33)46(30-16-10-27(41-2)11-17-30,31-18-12-28(42-3)13-19-31)32-20-14-29(43-4)15-21-32/h6-23H,5H2,1-4H3/b23-22+. The number of allylic oxidation sites excluding steroid dienone is 1. The largest absolute Gasteiger partial charge is 0.497 e. The Balaban J connectivity index is 1.99. The van der Waals surface area contributed by atoms with Gasteiger partial charge in [0.25, 0.3) is 0 Å². The number of ether oxygens (including phenoxy) is 5. The number of benzene rings is 4. The molecule has 9 heteroatoms. The number of rotatable bonds is 10. The molecule has 0 unspecified atom stereocenters. The number of hydrogen-bond acceptors (Lipinski definition) is 8. The highest BCUT2D eigenvalue weighted by Gasteiger charge is 2.41. The van der Waals surface area contributed by atoms with E-state index in [0.717, 1.165) is 15.9 Å². The van der Waals surface area contributed by atoms with Gasteiger partial charge in [-0.2, -0.15) is 5.26 Å². The molecule has 0 amide bonds. The average Bonchev–Trinajstić information content (AvgIpc) is 3.44. The Morgan fingerprint density at radius 2 is 1.22 bits per heavy atom. The minimum absolute atomic E-state index is 0.192. The predicted molar refractivity (Wildman–Crippen MR) is 180 cm³/mol. The van der Waals surface area contributed by atoms with E-state index in [-0.39, 0.29) is 12.4 Å². The lowest BCUT2D eigenvalue weighted by atomic mass is 10.1. The summed E-state index contributed by atoms with van der Waals surface area (Å²) in [6, 6.07) is 31.7. The van der Waals surface area contributed by atoms with Crippen molar-refractivity contribution in [2.24, 2.45) is 0 Å². The maximum Gasteiger partial charge on any atom is 0.345 e. The van der Waals surface area contributed by atoms with Crippen molar-refractivity contribution in [3.8, 4) is 23.3 Å². The van der Waals surface area contributed by atoms with Gasteiger partial charge in [0.2, 0.25) is 0 Å². The van der Waals surface area contributed by atoms with Gasteiger partial charge in [-0.15, -0.1) is 0 Å². The number of esters is 2. The second-order valence-corrected chi connectivity index (χ2v) is 13.4. The van der Waals surface area contributed by atoms with Crippen molar-refractivity contribution in [2.75, 3.05) is 27.9 Å². The van der Waals surface area contributed by atoms with Crippen LogP contribution in [-0.4, -0.2) is 45.2 Å². The molecule has 1 aliphatic heterocycles. The second kappa shape index (κ2) is 14.1. The number of carbonyl (C=O) groups is 2. The zero-order valence-corrected chi connectivity index (χ0v) is 26.7. The summed E-state index contributed by atoms with van der Waals surface area (Å²) < 4.78 is 27.8. The van der Waals surface area contributed by atoms with Crippen LogP contribution in [0.15, 0.2) is 115 Å². The summed E-state index contributed by atoms with van der Waals surface area (Å²) >= 11 is 0. The Morgan fingerprint density at radius 1 is 0.761 bits per heavy atom.